The van der Waals surface area contributed by atoms with Crippen molar-refractivity contribution in [2.24, 2.45) is 4.99 Å². The maximum absolute atomic E-state index is 12.0. The Balaban J connectivity index is 0.00000300. The highest BCUT2D eigenvalue weighted by Crippen LogP contribution is 2.31. The van der Waals surface area contributed by atoms with Gasteiger partial charge in [0.2, 0.25) is 5.91 Å². The Hall–Kier alpha value is -1.39. The number of hydrogen-bond acceptors (Lipinski definition) is 4. The molecule has 2 aliphatic rings. The van der Waals surface area contributed by atoms with Crippen LogP contribution in [0.4, 0.5) is 5.69 Å². The molecular weight excluding hydrogens is 481 g/mol. The van der Waals surface area contributed by atoms with E-state index in [4.69, 9.17) is 9.73 Å². The summed E-state index contributed by atoms with van der Waals surface area (Å²) in [6.07, 6.45) is 0.491. The fraction of sp³-hybridized carbons (Fsp3) is 0.619. The van der Waals surface area contributed by atoms with Crippen LogP contribution in [0.3, 0.4) is 0 Å². The number of nitrogens with zero attached hydrogens (tertiary/aromatic N) is 2. The number of benzene rings is 1. The molecule has 1 saturated heterocycles. The van der Waals surface area contributed by atoms with Gasteiger partial charge in [-0.05, 0) is 32.4 Å². The molecule has 0 aromatic heterocycles. The molecule has 3 N–H and O–H groups in total. The molecule has 0 aliphatic carbocycles. The second-order valence-corrected chi connectivity index (χ2v) is 7.65. The molecule has 7 nitrogen and oxygen atoms in total. The monoisotopic (exact) mass is 515 g/mol. The fourth-order valence-corrected chi connectivity index (χ4v) is 3.97. The fourth-order valence-electron chi connectivity index (χ4n) is 3.97. The molecular formula is C21H34IN5O2. The molecule has 0 spiro atoms. The zero-order valence-corrected chi connectivity index (χ0v) is 19.9. The molecule has 0 saturated carbocycles. The number of nitrogens with one attached hydrogen (secondary N) is 3. The first-order valence-electron chi connectivity index (χ1n) is 10.3. The van der Waals surface area contributed by atoms with Crippen molar-refractivity contribution in [3.05, 3.63) is 29.8 Å². The van der Waals surface area contributed by atoms with Crippen LogP contribution in [-0.4, -0.2) is 68.2 Å². The average Bonchev–Trinajstić information content (AvgIpc) is 2.69. The first kappa shape index (κ1) is 23.9. The number of halogens is 1. The minimum Gasteiger partial charge on any atom is -0.379 e. The van der Waals surface area contributed by atoms with E-state index in [1.807, 2.05) is 18.2 Å². The maximum atomic E-state index is 12.0. The van der Waals surface area contributed by atoms with E-state index in [-0.39, 0.29) is 35.8 Å². The lowest BCUT2D eigenvalue weighted by atomic mass is 9.90. The number of aliphatic imine (C=N–C) groups is 1. The molecule has 1 amide bonds. The van der Waals surface area contributed by atoms with Gasteiger partial charge in [-0.15, -0.1) is 24.0 Å². The molecule has 8 heteroatoms. The summed E-state index contributed by atoms with van der Waals surface area (Å²) < 4.78 is 5.53. The molecule has 162 valence electrons. The summed E-state index contributed by atoms with van der Waals surface area (Å²) in [5.41, 5.74) is 2.10. The Morgan fingerprint density at radius 1 is 1.38 bits per heavy atom. The van der Waals surface area contributed by atoms with Crippen molar-refractivity contribution < 1.29 is 9.53 Å². The minimum atomic E-state index is 0. The van der Waals surface area contributed by atoms with E-state index in [1.54, 1.807) is 0 Å². The third-order valence-electron chi connectivity index (χ3n) is 5.47. The molecule has 2 heterocycles. The van der Waals surface area contributed by atoms with Crippen LogP contribution in [0.5, 0.6) is 0 Å². The van der Waals surface area contributed by atoms with Crippen molar-refractivity contribution in [2.75, 3.05) is 44.7 Å². The molecule has 29 heavy (non-hydrogen) atoms. The lowest BCUT2D eigenvalue weighted by Crippen LogP contribution is -2.49. The third-order valence-corrected chi connectivity index (χ3v) is 5.47. The highest BCUT2D eigenvalue weighted by Gasteiger charge is 2.25. The van der Waals surface area contributed by atoms with Gasteiger partial charge in [-0.3, -0.25) is 14.7 Å². The molecule has 0 radical (unpaired) electrons. The second kappa shape index (κ2) is 11.7. The first-order valence-corrected chi connectivity index (χ1v) is 10.3. The predicted octanol–water partition coefficient (Wildman–Crippen LogP) is 2.39. The maximum Gasteiger partial charge on any atom is 0.225 e. The van der Waals surface area contributed by atoms with Gasteiger partial charge >= 0.3 is 0 Å². The number of anilines is 1. The number of carbonyl (C=O) groups excluding carboxylic acids is 1. The highest BCUT2D eigenvalue weighted by atomic mass is 127. The Labute approximate surface area is 191 Å². The molecule has 2 aliphatic heterocycles. The van der Waals surface area contributed by atoms with E-state index in [0.29, 0.717) is 25.0 Å². The lowest BCUT2D eigenvalue weighted by molar-refractivity contribution is -0.116. The van der Waals surface area contributed by atoms with Crippen molar-refractivity contribution in [3.63, 3.8) is 0 Å². The standard InChI is InChI=1S/C21H33N5O2.HI/c1-4-22-21(23-12-15(2)26-9-10-28-14-16(26)3)24-13-17-11-20(27)25-19-8-6-5-7-18(17)19;/h5-8,15-17H,4,9-14H2,1-3H3,(H,25,27)(H2,22,23,24);1H. The van der Waals surface area contributed by atoms with Gasteiger partial charge in [0.05, 0.1) is 19.8 Å². The van der Waals surface area contributed by atoms with Gasteiger partial charge in [-0.25, -0.2) is 0 Å². The van der Waals surface area contributed by atoms with E-state index in [2.05, 4.69) is 47.7 Å². The highest BCUT2D eigenvalue weighted by molar-refractivity contribution is 14.0. The smallest absolute Gasteiger partial charge is 0.225 e. The molecule has 3 unspecified atom stereocenters. The quantitative estimate of drug-likeness (QED) is 0.308. The predicted molar refractivity (Wildman–Crippen MR) is 128 cm³/mol. The molecule has 1 aromatic rings. The lowest BCUT2D eigenvalue weighted by Gasteiger charge is -2.37. The number of guanidine groups is 1. The Morgan fingerprint density at radius 2 is 2.17 bits per heavy atom. The van der Waals surface area contributed by atoms with Crippen molar-refractivity contribution in [1.82, 2.24) is 15.5 Å². The van der Waals surface area contributed by atoms with Gasteiger partial charge < -0.3 is 20.7 Å². The van der Waals surface area contributed by atoms with Crippen LogP contribution in [-0.2, 0) is 9.53 Å². The number of rotatable bonds is 6. The van der Waals surface area contributed by atoms with Gasteiger partial charge in [0.25, 0.3) is 0 Å². The Kier molecular flexibility index (Phi) is 9.64. The Bertz CT molecular complexity index is 699. The van der Waals surface area contributed by atoms with Crippen molar-refractivity contribution in [1.29, 1.82) is 0 Å². The van der Waals surface area contributed by atoms with Crippen LogP contribution in [0, 0.1) is 0 Å². The number of para-hydroxylation sites is 1. The van der Waals surface area contributed by atoms with Gasteiger partial charge in [-0.2, -0.15) is 0 Å². The SMILES string of the molecule is CCNC(=NCC(C)N1CCOCC1C)NCC1CC(=O)Nc2ccccc21.I. The summed E-state index contributed by atoms with van der Waals surface area (Å²) in [6.45, 7) is 11.2. The largest absolute Gasteiger partial charge is 0.379 e. The average molecular weight is 515 g/mol. The normalized spacial score (nSPS) is 23.4. The van der Waals surface area contributed by atoms with E-state index >= 15 is 0 Å². The Morgan fingerprint density at radius 3 is 2.93 bits per heavy atom. The van der Waals surface area contributed by atoms with Gasteiger partial charge in [0.1, 0.15) is 0 Å². The molecule has 1 aromatic carbocycles. The molecule has 0 bridgehead atoms. The van der Waals surface area contributed by atoms with Crippen LogP contribution in [0.15, 0.2) is 29.3 Å². The first-order chi connectivity index (χ1) is 13.6. The molecule has 3 atom stereocenters. The second-order valence-electron chi connectivity index (χ2n) is 7.65. The summed E-state index contributed by atoms with van der Waals surface area (Å²) in [6, 6.07) is 8.81. The van der Waals surface area contributed by atoms with E-state index in [9.17, 15) is 4.79 Å². The summed E-state index contributed by atoms with van der Waals surface area (Å²) >= 11 is 0. The third kappa shape index (κ3) is 6.55. The zero-order valence-electron chi connectivity index (χ0n) is 17.6. The summed E-state index contributed by atoms with van der Waals surface area (Å²) in [7, 11) is 0. The van der Waals surface area contributed by atoms with Gasteiger partial charge in [0, 0.05) is 49.7 Å². The van der Waals surface area contributed by atoms with Crippen LogP contribution < -0.4 is 16.0 Å². The number of amides is 1. The summed E-state index contributed by atoms with van der Waals surface area (Å²) in [4.78, 5) is 19.3. The number of fused-ring (bicyclic) bond motifs is 1. The topological polar surface area (TPSA) is 78.0 Å². The number of hydrogen-bond donors (Lipinski definition) is 3. The van der Waals surface area contributed by atoms with Crippen molar-refractivity contribution in [2.45, 2.75) is 45.2 Å². The van der Waals surface area contributed by atoms with Gasteiger partial charge in [0.15, 0.2) is 5.96 Å². The van der Waals surface area contributed by atoms with E-state index < -0.39 is 0 Å². The minimum absolute atomic E-state index is 0. The number of ether oxygens (including phenoxy) is 1. The molecule has 1 fully saturated rings. The molecule has 3 rings (SSSR count). The zero-order chi connectivity index (χ0) is 19.9. The van der Waals surface area contributed by atoms with Crippen LogP contribution in [0.25, 0.3) is 0 Å². The summed E-state index contributed by atoms with van der Waals surface area (Å²) in [5, 5.41) is 9.71. The van der Waals surface area contributed by atoms with Gasteiger partial charge in [-0.1, -0.05) is 18.2 Å². The van der Waals surface area contributed by atoms with Crippen LogP contribution in [0.2, 0.25) is 0 Å². The van der Waals surface area contributed by atoms with Crippen molar-refractivity contribution >= 4 is 41.5 Å². The van der Waals surface area contributed by atoms with E-state index in [0.717, 1.165) is 44.5 Å². The number of morpholine rings is 1. The number of carbonyl (C=O) groups is 1. The van der Waals surface area contributed by atoms with E-state index in [1.165, 1.54) is 5.56 Å². The summed E-state index contributed by atoms with van der Waals surface area (Å²) in [5.74, 6) is 1.02. The van der Waals surface area contributed by atoms with Crippen LogP contribution >= 0.6 is 24.0 Å². The van der Waals surface area contributed by atoms with Crippen LogP contribution in [0.1, 0.15) is 38.7 Å². The van der Waals surface area contributed by atoms with Crippen molar-refractivity contribution in [3.8, 4) is 0 Å².